The molecule has 1 heterocycles. The van der Waals surface area contributed by atoms with Crippen LogP contribution in [0.4, 0.5) is 13.2 Å². The lowest BCUT2D eigenvalue weighted by Gasteiger charge is -2.07. The highest BCUT2D eigenvalue weighted by molar-refractivity contribution is 5.83. The zero-order chi connectivity index (χ0) is 11.9. The number of halogens is 3. The number of fused-ring (bicyclic) bond motifs is 1. The summed E-state index contributed by atoms with van der Waals surface area (Å²) in [7, 11) is 0. The van der Waals surface area contributed by atoms with E-state index in [2.05, 4.69) is 4.42 Å². The molecule has 1 aromatic heterocycles. The van der Waals surface area contributed by atoms with E-state index < -0.39 is 23.1 Å². The summed E-state index contributed by atoms with van der Waals surface area (Å²) in [5.41, 5.74) is -1.81. The van der Waals surface area contributed by atoms with E-state index in [0.29, 0.717) is 0 Å². The number of rotatable bonds is 0. The Morgan fingerprint density at radius 1 is 1.19 bits per heavy atom. The van der Waals surface area contributed by atoms with Crippen molar-refractivity contribution in [2.24, 2.45) is 0 Å². The normalized spacial score (nSPS) is 11.9. The van der Waals surface area contributed by atoms with Crippen LogP contribution in [0.2, 0.25) is 0 Å². The molecule has 2 rings (SSSR count). The topological polar surface area (TPSA) is 50.4 Å². The Hall–Kier alpha value is -1.98. The van der Waals surface area contributed by atoms with Gasteiger partial charge in [0.15, 0.2) is 0 Å². The minimum Gasteiger partial charge on any atom is -0.507 e. The second kappa shape index (κ2) is 3.26. The number of benzene rings is 1. The maximum atomic E-state index is 12.4. The van der Waals surface area contributed by atoms with Crippen LogP contribution in [0.3, 0.4) is 0 Å². The van der Waals surface area contributed by atoms with Gasteiger partial charge in [-0.3, -0.25) is 0 Å². The minimum absolute atomic E-state index is 0.0852. The molecule has 16 heavy (non-hydrogen) atoms. The summed E-state index contributed by atoms with van der Waals surface area (Å²) in [4.78, 5) is 10.8. The van der Waals surface area contributed by atoms with Gasteiger partial charge in [-0.15, -0.1) is 0 Å². The fourth-order valence-electron chi connectivity index (χ4n) is 1.32. The van der Waals surface area contributed by atoms with E-state index in [-0.39, 0.29) is 11.0 Å². The molecule has 2 aromatic rings. The van der Waals surface area contributed by atoms with E-state index in [1.165, 1.54) is 0 Å². The maximum Gasteiger partial charge on any atom is 0.416 e. The molecule has 0 saturated heterocycles. The standard InChI is InChI=1S/C10H5F3O3/c11-10(12,13)5-1-2-8-6(3-5)7(14)4-9(15)16-8/h1-4,14H. The van der Waals surface area contributed by atoms with Gasteiger partial charge in [-0.1, -0.05) is 0 Å². The van der Waals surface area contributed by atoms with Crippen LogP contribution >= 0.6 is 0 Å². The van der Waals surface area contributed by atoms with Crippen molar-refractivity contribution < 1.29 is 22.7 Å². The molecule has 0 unspecified atom stereocenters. The zero-order valence-corrected chi connectivity index (χ0v) is 7.71. The Balaban J connectivity index is 2.76. The summed E-state index contributed by atoms with van der Waals surface area (Å²) in [5.74, 6) is -0.530. The third-order valence-electron chi connectivity index (χ3n) is 2.05. The average molecular weight is 230 g/mol. The van der Waals surface area contributed by atoms with Crippen molar-refractivity contribution in [1.82, 2.24) is 0 Å². The molecule has 6 heteroatoms. The van der Waals surface area contributed by atoms with Gasteiger partial charge in [0, 0.05) is 0 Å². The van der Waals surface area contributed by atoms with Crippen molar-refractivity contribution in [2.75, 3.05) is 0 Å². The quantitative estimate of drug-likeness (QED) is 0.707. The summed E-state index contributed by atoms with van der Waals surface area (Å²) < 4.78 is 41.7. The third kappa shape index (κ3) is 1.73. The molecule has 0 atom stereocenters. The first-order valence-corrected chi connectivity index (χ1v) is 4.22. The lowest BCUT2D eigenvalue weighted by atomic mass is 10.1. The van der Waals surface area contributed by atoms with Gasteiger partial charge in [-0.2, -0.15) is 13.2 Å². The van der Waals surface area contributed by atoms with Crippen LogP contribution < -0.4 is 5.63 Å². The second-order valence-corrected chi connectivity index (χ2v) is 3.16. The van der Waals surface area contributed by atoms with Gasteiger partial charge in [0.05, 0.1) is 17.0 Å². The van der Waals surface area contributed by atoms with Crippen LogP contribution in [0.25, 0.3) is 11.0 Å². The number of aromatic hydroxyl groups is 1. The highest BCUT2D eigenvalue weighted by Crippen LogP contribution is 2.33. The van der Waals surface area contributed by atoms with Crippen molar-refractivity contribution >= 4 is 11.0 Å². The van der Waals surface area contributed by atoms with Crippen LogP contribution in [0, 0.1) is 0 Å². The number of hydrogen-bond donors (Lipinski definition) is 1. The highest BCUT2D eigenvalue weighted by atomic mass is 19.4. The smallest absolute Gasteiger partial charge is 0.416 e. The van der Waals surface area contributed by atoms with Gasteiger partial charge in [-0.05, 0) is 18.2 Å². The van der Waals surface area contributed by atoms with Gasteiger partial charge < -0.3 is 9.52 Å². The molecule has 0 amide bonds. The Morgan fingerprint density at radius 3 is 2.50 bits per heavy atom. The first kappa shape index (κ1) is 10.5. The molecular formula is C10H5F3O3. The Morgan fingerprint density at radius 2 is 1.88 bits per heavy atom. The Bertz CT molecular complexity index is 598. The zero-order valence-electron chi connectivity index (χ0n) is 7.71. The molecule has 84 valence electrons. The van der Waals surface area contributed by atoms with Crippen LogP contribution in [-0.2, 0) is 6.18 Å². The highest BCUT2D eigenvalue weighted by Gasteiger charge is 2.30. The lowest BCUT2D eigenvalue weighted by Crippen LogP contribution is -2.05. The molecule has 1 aromatic carbocycles. The monoisotopic (exact) mass is 230 g/mol. The molecule has 0 aliphatic carbocycles. The summed E-state index contributed by atoms with van der Waals surface area (Å²) in [6.07, 6.45) is -4.50. The fraction of sp³-hybridized carbons (Fsp3) is 0.100. The molecule has 0 spiro atoms. The molecule has 0 aliphatic rings. The van der Waals surface area contributed by atoms with E-state index in [0.717, 1.165) is 24.3 Å². The third-order valence-corrected chi connectivity index (χ3v) is 2.05. The molecular weight excluding hydrogens is 225 g/mol. The lowest BCUT2D eigenvalue weighted by molar-refractivity contribution is -0.137. The molecule has 0 radical (unpaired) electrons. The molecule has 0 bridgehead atoms. The molecule has 0 fully saturated rings. The molecule has 3 nitrogen and oxygen atoms in total. The van der Waals surface area contributed by atoms with E-state index in [4.69, 9.17) is 0 Å². The first-order chi connectivity index (χ1) is 7.38. The van der Waals surface area contributed by atoms with Crippen LogP contribution in [0.1, 0.15) is 5.56 Å². The van der Waals surface area contributed by atoms with Gasteiger partial charge in [-0.25, -0.2) is 4.79 Å². The van der Waals surface area contributed by atoms with Gasteiger partial charge in [0.25, 0.3) is 0 Å². The summed E-state index contributed by atoms with van der Waals surface area (Å²) >= 11 is 0. The fourth-order valence-corrected chi connectivity index (χ4v) is 1.32. The molecule has 0 aliphatic heterocycles. The summed E-state index contributed by atoms with van der Waals surface area (Å²) in [6, 6.07) is 3.24. The first-order valence-electron chi connectivity index (χ1n) is 4.22. The average Bonchev–Trinajstić information content (AvgIpc) is 2.15. The summed E-state index contributed by atoms with van der Waals surface area (Å²) in [6.45, 7) is 0. The molecule has 1 N–H and O–H groups in total. The Labute approximate surface area is 86.7 Å². The SMILES string of the molecule is O=c1cc(O)c2cc(C(F)(F)F)ccc2o1. The van der Waals surface area contributed by atoms with E-state index >= 15 is 0 Å². The minimum atomic E-state index is -4.50. The van der Waals surface area contributed by atoms with Crippen molar-refractivity contribution in [2.45, 2.75) is 6.18 Å². The predicted octanol–water partition coefficient (Wildman–Crippen LogP) is 2.52. The maximum absolute atomic E-state index is 12.4. The van der Waals surface area contributed by atoms with Crippen molar-refractivity contribution in [1.29, 1.82) is 0 Å². The van der Waals surface area contributed by atoms with E-state index in [1.807, 2.05) is 0 Å². The van der Waals surface area contributed by atoms with Crippen LogP contribution in [0.5, 0.6) is 5.75 Å². The van der Waals surface area contributed by atoms with Gasteiger partial charge >= 0.3 is 11.8 Å². The van der Waals surface area contributed by atoms with Crippen LogP contribution in [-0.4, -0.2) is 5.11 Å². The van der Waals surface area contributed by atoms with E-state index in [9.17, 15) is 23.1 Å². The van der Waals surface area contributed by atoms with E-state index in [1.54, 1.807) is 0 Å². The summed E-state index contributed by atoms with van der Waals surface area (Å²) in [5, 5.41) is 9.17. The largest absolute Gasteiger partial charge is 0.507 e. The molecule has 0 saturated carbocycles. The van der Waals surface area contributed by atoms with Crippen molar-refractivity contribution in [3.05, 3.63) is 40.2 Å². The Kier molecular flexibility index (Phi) is 2.15. The second-order valence-electron chi connectivity index (χ2n) is 3.16. The predicted molar refractivity (Wildman–Crippen MR) is 49.2 cm³/mol. The van der Waals surface area contributed by atoms with Crippen molar-refractivity contribution in [3.63, 3.8) is 0 Å². The number of alkyl halides is 3. The van der Waals surface area contributed by atoms with Gasteiger partial charge in [0.1, 0.15) is 11.3 Å². The van der Waals surface area contributed by atoms with Crippen molar-refractivity contribution in [3.8, 4) is 5.75 Å². The number of hydrogen-bond acceptors (Lipinski definition) is 3. The van der Waals surface area contributed by atoms with Gasteiger partial charge in [0.2, 0.25) is 0 Å². The van der Waals surface area contributed by atoms with Crippen LogP contribution in [0.15, 0.2) is 33.5 Å².